The van der Waals surface area contributed by atoms with E-state index in [-0.39, 0.29) is 17.4 Å². The van der Waals surface area contributed by atoms with Gasteiger partial charge in [-0.25, -0.2) is 0 Å². The SMILES string of the molecule is CC1(C)C(=O)Nc2ccccc2N1C(=O)C[NH2+]C12CC3CC(CC(C3)C1)C2. The number of carbonyl (C=O) groups excluding carboxylic acids is 2. The summed E-state index contributed by atoms with van der Waals surface area (Å²) in [6.45, 7) is 4.10. The molecule has 5 nitrogen and oxygen atoms in total. The number of benzene rings is 1. The molecule has 0 atom stereocenters. The molecule has 1 aromatic rings. The summed E-state index contributed by atoms with van der Waals surface area (Å²) in [6.07, 6.45) is 8.04. The molecule has 1 heterocycles. The van der Waals surface area contributed by atoms with Gasteiger partial charge < -0.3 is 10.6 Å². The number of nitrogens with zero attached hydrogens (tertiary/aromatic N) is 1. The zero-order valence-electron chi connectivity index (χ0n) is 16.3. The van der Waals surface area contributed by atoms with Crippen molar-refractivity contribution in [3.63, 3.8) is 0 Å². The lowest BCUT2D eigenvalue weighted by atomic mass is 9.53. The molecule has 4 bridgehead atoms. The maximum Gasteiger partial charge on any atom is 0.283 e. The van der Waals surface area contributed by atoms with E-state index in [1.165, 1.54) is 38.5 Å². The second kappa shape index (κ2) is 5.81. The summed E-state index contributed by atoms with van der Waals surface area (Å²) in [5.74, 6) is 2.55. The fraction of sp³-hybridized carbons (Fsp3) is 0.636. The van der Waals surface area contributed by atoms with E-state index in [2.05, 4.69) is 10.6 Å². The molecule has 4 fully saturated rings. The highest BCUT2D eigenvalue weighted by Gasteiger charge is 2.54. The van der Waals surface area contributed by atoms with Crippen molar-refractivity contribution < 1.29 is 14.9 Å². The predicted octanol–water partition coefficient (Wildman–Crippen LogP) is 2.28. The second-order valence-electron chi connectivity index (χ2n) is 9.95. The van der Waals surface area contributed by atoms with Crippen LogP contribution in [0.15, 0.2) is 24.3 Å². The van der Waals surface area contributed by atoms with Crippen LogP contribution in [0.1, 0.15) is 52.4 Å². The van der Waals surface area contributed by atoms with Crippen molar-refractivity contribution in [3.05, 3.63) is 24.3 Å². The van der Waals surface area contributed by atoms with Crippen molar-refractivity contribution in [1.29, 1.82) is 0 Å². The van der Waals surface area contributed by atoms with E-state index in [9.17, 15) is 9.59 Å². The van der Waals surface area contributed by atoms with E-state index in [0.29, 0.717) is 6.54 Å². The summed E-state index contributed by atoms with van der Waals surface area (Å²) in [6, 6.07) is 7.61. The Morgan fingerprint density at radius 3 is 2.33 bits per heavy atom. The number of anilines is 2. The Balaban J connectivity index is 1.37. The molecule has 6 rings (SSSR count). The average molecular weight is 369 g/mol. The first-order valence-corrected chi connectivity index (χ1v) is 10.4. The third-order valence-corrected chi connectivity index (χ3v) is 7.55. The maximum atomic E-state index is 13.3. The van der Waals surface area contributed by atoms with Crippen molar-refractivity contribution in [1.82, 2.24) is 0 Å². The zero-order chi connectivity index (χ0) is 18.8. The van der Waals surface area contributed by atoms with Gasteiger partial charge in [-0.3, -0.25) is 14.5 Å². The molecule has 4 aliphatic carbocycles. The first kappa shape index (κ1) is 17.2. The van der Waals surface area contributed by atoms with Gasteiger partial charge in [-0.1, -0.05) is 12.1 Å². The van der Waals surface area contributed by atoms with Gasteiger partial charge in [0.1, 0.15) is 5.54 Å². The Hall–Kier alpha value is -1.88. The number of hydrogen-bond acceptors (Lipinski definition) is 2. The second-order valence-corrected chi connectivity index (χ2v) is 9.95. The van der Waals surface area contributed by atoms with Crippen LogP contribution < -0.4 is 15.5 Å². The molecule has 0 saturated heterocycles. The molecule has 1 aliphatic heterocycles. The molecule has 5 heteroatoms. The van der Waals surface area contributed by atoms with Gasteiger partial charge in [-0.05, 0) is 63.0 Å². The van der Waals surface area contributed by atoms with Crippen molar-refractivity contribution in [2.24, 2.45) is 17.8 Å². The van der Waals surface area contributed by atoms with E-state index in [0.717, 1.165) is 29.1 Å². The number of carbonyl (C=O) groups is 2. The zero-order valence-corrected chi connectivity index (χ0v) is 16.3. The van der Waals surface area contributed by atoms with Crippen LogP contribution in [0.4, 0.5) is 11.4 Å². The van der Waals surface area contributed by atoms with Crippen molar-refractivity contribution in [2.75, 3.05) is 16.8 Å². The first-order chi connectivity index (χ1) is 12.9. The number of nitrogens with one attached hydrogen (secondary N) is 1. The summed E-state index contributed by atoms with van der Waals surface area (Å²) in [5, 5.41) is 5.28. The Morgan fingerprint density at radius 2 is 1.70 bits per heavy atom. The summed E-state index contributed by atoms with van der Waals surface area (Å²) in [5.41, 5.74) is 0.934. The molecule has 4 saturated carbocycles. The smallest absolute Gasteiger partial charge is 0.283 e. The fourth-order valence-corrected chi connectivity index (χ4v) is 6.72. The van der Waals surface area contributed by atoms with Crippen LogP contribution in [0, 0.1) is 17.8 Å². The molecule has 1 aromatic carbocycles. The molecule has 0 spiro atoms. The highest BCUT2D eigenvalue weighted by atomic mass is 16.2. The lowest BCUT2D eigenvalue weighted by Gasteiger charge is -2.54. The van der Waals surface area contributed by atoms with Gasteiger partial charge in [-0.15, -0.1) is 0 Å². The summed E-state index contributed by atoms with van der Waals surface area (Å²) < 4.78 is 0. The van der Waals surface area contributed by atoms with Gasteiger partial charge in [0, 0.05) is 19.3 Å². The number of nitrogens with two attached hydrogens (primary N) is 1. The predicted molar refractivity (Wildman–Crippen MR) is 104 cm³/mol. The number of para-hydroxylation sites is 2. The number of fused-ring (bicyclic) bond motifs is 1. The normalized spacial score (nSPS) is 35.7. The van der Waals surface area contributed by atoms with E-state index in [1.807, 2.05) is 38.1 Å². The maximum absolute atomic E-state index is 13.3. The van der Waals surface area contributed by atoms with Crippen LogP contribution in [0.5, 0.6) is 0 Å². The third-order valence-electron chi connectivity index (χ3n) is 7.55. The van der Waals surface area contributed by atoms with Crippen LogP contribution >= 0.6 is 0 Å². The Labute approximate surface area is 160 Å². The molecule has 144 valence electrons. The number of amides is 2. The van der Waals surface area contributed by atoms with Crippen LogP contribution in [0.2, 0.25) is 0 Å². The van der Waals surface area contributed by atoms with E-state index in [1.54, 1.807) is 4.90 Å². The van der Waals surface area contributed by atoms with Gasteiger partial charge in [-0.2, -0.15) is 0 Å². The average Bonchev–Trinajstić information content (AvgIpc) is 2.59. The Morgan fingerprint density at radius 1 is 1.11 bits per heavy atom. The van der Waals surface area contributed by atoms with Crippen LogP contribution in [0.3, 0.4) is 0 Å². The van der Waals surface area contributed by atoms with Gasteiger partial charge in [0.25, 0.3) is 5.91 Å². The molecular weight excluding hydrogens is 338 g/mol. The van der Waals surface area contributed by atoms with Crippen molar-refractivity contribution in [3.8, 4) is 0 Å². The lowest BCUT2D eigenvalue weighted by Crippen LogP contribution is -3.00. The molecule has 0 unspecified atom stereocenters. The molecular formula is C22H30N3O2+. The monoisotopic (exact) mass is 368 g/mol. The molecule has 0 aromatic heterocycles. The molecule has 2 amide bonds. The van der Waals surface area contributed by atoms with Crippen molar-refractivity contribution in [2.45, 2.75) is 63.5 Å². The molecule has 0 radical (unpaired) electrons. The Bertz CT molecular complexity index is 765. The van der Waals surface area contributed by atoms with Crippen LogP contribution in [-0.4, -0.2) is 29.4 Å². The third kappa shape index (κ3) is 2.70. The lowest BCUT2D eigenvalue weighted by molar-refractivity contribution is -0.729. The number of hydrogen-bond donors (Lipinski definition) is 2. The largest absolute Gasteiger partial charge is 0.334 e. The highest BCUT2D eigenvalue weighted by molar-refractivity contribution is 6.14. The fourth-order valence-electron chi connectivity index (χ4n) is 6.72. The van der Waals surface area contributed by atoms with Crippen molar-refractivity contribution >= 4 is 23.2 Å². The summed E-state index contributed by atoms with van der Waals surface area (Å²) in [4.78, 5) is 27.7. The standard InChI is InChI=1S/C22H29N3O2/c1-21(2)20(27)24-17-5-3-4-6-18(17)25(21)19(26)13-23-22-10-14-7-15(11-22)9-16(8-14)12-22/h3-6,14-16,23H,7-13H2,1-2H3,(H,24,27)/p+1. The minimum absolute atomic E-state index is 0.0399. The van der Waals surface area contributed by atoms with Gasteiger partial charge in [0.15, 0.2) is 6.54 Å². The van der Waals surface area contributed by atoms with Crippen LogP contribution in [-0.2, 0) is 9.59 Å². The van der Waals surface area contributed by atoms with Gasteiger partial charge in [0.05, 0.1) is 16.9 Å². The minimum Gasteiger partial charge on any atom is -0.334 e. The molecule has 27 heavy (non-hydrogen) atoms. The summed E-state index contributed by atoms with van der Waals surface area (Å²) >= 11 is 0. The highest BCUT2D eigenvalue weighted by Crippen LogP contribution is 2.54. The van der Waals surface area contributed by atoms with Gasteiger partial charge in [0.2, 0.25) is 5.91 Å². The quantitative estimate of drug-likeness (QED) is 0.860. The van der Waals surface area contributed by atoms with Gasteiger partial charge >= 0.3 is 0 Å². The topological polar surface area (TPSA) is 66.0 Å². The minimum atomic E-state index is -0.874. The molecule has 5 aliphatic rings. The van der Waals surface area contributed by atoms with E-state index < -0.39 is 5.54 Å². The van der Waals surface area contributed by atoms with Crippen LogP contribution in [0.25, 0.3) is 0 Å². The van der Waals surface area contributed by atoms with E-state index >= 15 is 0 Å². The molecule has 3 N–H and O–H groups in total. The number of rotatable bonds is 3. The number of quaternary nitrogens is 1. The first-order valence-electron chi connectivity index (χ1n) is 10.4. The summed E-state index contributed by atoms with van der Waals surface area (Å²) in [7, 11) is 0. The van der Waals surface area contributed by atoms with E-state index in [4.69, 9.17) is 0 Å². The Kier molecular flexibility index (Phi) is 3.71.